The quantitative estimate of drug-likeness (QED) is 0.702. The molecule has 4 atom stereocenters. The zero-order chi connectivity index (χ0) is 19.3. The zero-order valence-corrected chi connectivity index (χ0v) is 17.2. The lowest BCUT2D eigenvalue weighted by atomic mass is 9.82. The Bertz CT molecular complexity index is 815. The van der Waals surface area contributed by atoms with Gasteiger partial charge in [-0.1, -0.05) is 6.07 Å². The van der Waals surface area contributed by atoms with Crippen LogP contribution in [0.3, 0.4) is 0 Å². The Morgan fingerprint density at radius 3 is 1.68 bits per heavy atom. The van der Waals surface area contributed by atoms with E-state index in [1.54, 1.807) is 6.07 Å². The number of pyridine rings is 2. The number of aromatic nitrogens is 2. The number of anilines is 2. The summed E-state index contributed by atoms with van der Waals surface area (Å²) in [5.74, 6) is 5.81. The maximum Gasteiger partial charge on any atom is 0.490 e. The molecule has 28 heavy (non-hydrogen) atoms. The summed E-state index contributed by atoms with van der Waals surface area (Å²) in [6.07, 6.45) is 6.24. The van der Waals surface area contributed by atoms with Gasteiger partial charge >= 0.3 is 7.12 Å². The Morgan fingerprint density at radius 2 is 1.29 bits per heavy atom. The molecule has 4 unspecified atom stereocenters. The summed E-state index contributed by atoms with van der Waals surface area (Å²) in [5, 5.41) is 17.9. The van der Waals surface area contributed by atoms with Gasteiger partial charge in [0.15, 0.2) is 0 Å². The highest BCUT2D eigenvalue weighted by atomic mass is 79.9. The lowest BCUT2D eigenvalue weighted by molar-refractivity contribution is 0.425. The minimum Gasteiger partial charge on any atom is -0.423 e. The maximum atomic E-state index is 8.93. The number of piperidine rings is 2. The molecule has 2 saturated heterocycles. The van der Waals surface area contributed by atoms with Crippen LogP contribution in [0.5, 0.6) is 0 Å². The molecule has 6 rings (SSSR count). The predicted molar refractivity (Wildman–Crippen MR) is 114 cm³/mol. The van der Waals surface area contributed by atoms with Gasteiger partial charge in [0.1, 0.15) is 11.6 Å². The largest absolute Gasteiger partial charge is 0.490 e. The lowest BCUT2D eigenvalue weighted by Crippen LogP contribution is -2.31. The topological polar surface area (TPSA) is 72.7 Å². The van der Waals surface area contributed by atoms with E-state index in [2.05, 4.69) is 47.8 Å². The van der Waals surface area contributed by atoms with Gasteiger partial charge in [-0.2, -0.15) is 0 Å². The van der Waals surface area contributed by atoms with Crippen molar-refractivity contribution in [1.82, 2.24) is 9.97 Å². The van der Waals surface area contributed by atoms with Crippen LogP contribution in [0.15, 0.2) is 41.1 Å². The van der Waals surface area contributed by atoms with Crippen molar-refractivity contribution >= 4 is 40.1 Å². The summed E-state index contributed by atoms with van der Waals surface area (Å²) >= 11 is 3.39. The summed E-state index contributed by atoms with van der Waals surface area (Å²) < 4.78 is 1.06. The van der Waals surface area contributed by atoms with E-state index in [1.807, 2.05) is 12.3 Å². The van der Waals surface area contributed by atoms with Crippen LogP contribution in [0.25, 0.3) is 0 Å². The van der Waals surface area contributed by atoms with E-state index in [9.17, 15) is 0 Å². The van der Waals surface area contributed by atoms with Gasteiger partial charge < -0.3 is 19.8 Å². The normalized spacial score (nSPS) is 29.0. The molecule has 146 valence electrons. The average Bonchev–Trinajstić information content (AvgIpc) is 3.55. The van der Waals surface area contributed by atoms with Crippen molar-refractivity contribution in [2.45, 2.75) is 12.8 Å². The Balaban J connectivity index is 0.000000123. The smallest absolute Gasteiger partial charge is 0.423 e. The van der Waals surface area contributed by atoms with Gasteiger partial charge in [-0.05, 0) is 70.6 Å². The fourth-order valence-electron chi connectivity index (χ4n) is 4.46. The Hall–Kier alpha value is -1.64. The first kappa shape index (κ1) is 18.4. The minimum absolute atomic E-state index is 0.447. The molecular weight excluding hydrogens is 419 g/mol. The van der Waals surface area contributed by atoms with E-state index in [0.717, 1.165) is 52.9 Å². The van der Waals surface area contributed by atoms with Crippen LogP contribution >= 0.6 is 15.9 Å². The number of hydrogen-bond acceptors (Lipinski definition) is 6. The molecular formula is C20H24BBrN4O2. The number of hydrogen-bond donors (Lipinski definition) is 2. The van der Waals surface area contributed by atoms with Crippen molar-refractivity contribution in [3.05, 3.63) is 41.1 Å². The van der Waals surface area contributed by atoms with Gasteiger partial charge in [0, 0.05) is 48.5 Å². The zero-order valence-electron chi connectivity index (χ0n) is 15.7. The molecule has 2 aliphatic heterocycles. The molecule has 2 saturated carbocycles. The van der Waals surface area contributed by atoms with Gasteiger partial charge in [-0.25, -0.2) is 9.97 Å². The van der Waals surface area contributed by atoms with Crippen LogP contribution in [0.2, 0.25) is 0 Å². The summed E-state index contributed by atoms with van der Waals surface area (Å²) in [6.45, 7) is 4.66. The van der Waals surface area contributed by atoms with Crippen LogP contribution in [-0.4, -0.2) is 53.3 Å². The predicted octanol–water partition coefficient (Wildman–Crippen LogP) is 1.52. The summed E-state index contributed by atoms with van der Waals surface area (Å²) in [7, 11) is -1.42. The Kier molecular flexibility index (Phi) is 4.81. The number of halogens is 1. The first-order valence-electron chi connectivity index (χ1n) is 10.0. The third kappa shape index (κ3) is 3.90. The van der Waals surface area contributed by atoms with Gasteiger partial charge in [0.05, 0.1) is 0 Å². The van der Waals surface area contributed by atoms with Gasteiger partial charge in [0.2, 0.25) is 0 Å². The molecule has 0 aromatic carbocycles. The third-order valence-corrected chi connectivity index (χ3v) is 6.86. The second-order valence-electron chi connectivity index (χ2n) is 8.48. The van der Waals surface area contributed by atoms with E-state index in [0.29, 0.717) is 5.46 Å². The van der Waals surface area contributed by atoms with Crippen LogP contribution in [-0.2, 0) is 0 Å². The van der Waals surface area contributed by atoms with Crippen LogP contribution in [0.1, 0.15) is 12.8 Å². The number of fused-ring (bicyclic) bond motifs is 2. The second kappa shape index (κ2) is 7.32. The molecule has 2 N–H and O–H groups in total. The molecule has 4 aliphatic rings. The molecule has 2 aromatic heterocycles. The minimum atomic E-state index is -1.42. The fourth-order valence-corrected chi connectivity index (χ4v) is 4.70. The van der Waals surface area contributed by atoms with Crippen LogP contribution in [0, 0.1) is 23.7 Å². The third-order valence-electron chi connectivity index (χ3n) is 6.39. The Morgan fingerprint density at radius 1 is 0.786 bits per heavy atom. The van der Waals surface area contributed by atoms with Crippen molar-refractivity contribution in [2.24, 2.45) is 23.7 Å². The average molecular weight is 443 g/mol. The van der Waals surface area contributed by atoms with E-state index in [-0.39, 0.29) is 0 Å². The molecule has 0 bridgehead atoms. The van der Waals surface area contributed by atoms with Crippen molar-refractivity contribution in [3.8, 4) is 0 Å². The molecule has 4 heterocycles. The highest BCUT2D eigenvalue weighted by molar-refractivity contribution is 9.10. The summed E-state index contributed by atoms with van der Waals surface area (Å²) in [6, 6.07) is 7.73. The molecule has 2 aromatic rings. The van der Waals surface area contributed by atoms with Gasteiger partial charge in [-0.3, -0.25) is 0 Å². The molecule has 2 aliphatic carbocycles. The summed E-state index contributed by atoms with van der Waals surface area (Å²) in [4.78, 5) is 13.3. The van der Waals surface area contributed by atoms with Crippen molar-refractivity contribution in [1.29, 1.82) is 0 Å². The van der Waals surface area contributed by atoms with E-state index in [4.69, 9.17) is 10.0 Å². The summed E-state index contributed by atoms with van der Waals surface area (Å²) in [5.41, 5.74) is 0.447. The molecule has 4 fully saturated rings. The highest BCUT2D eigenvalue weighted by Gasteiger charge is 2.46. The SMILES string of the molecule is Brc1ccc(N2CC3CC3C2)nc1.OB(O)c1ccc(N2CC3CC3C2)nc1. The molecule has 8 heteroatoms. The van der Waals surface area contributed by atoms with Crippen LogP contribution < -0.4 is 15.3 Å². The van der Waals surface area contributed by atoms with E-state index < -0.39 is 7.12 Å². The van der Waals surface area contributed by atoms with Gasteiger partial charge in [-0.15, -0.1) is 0 Å². The number of nitrogens with zero attached hydrogens (tertiary/aromatic N) is 4. The standard InChI is InChI=1S/C10H13BN2O2.C10H11BrN2/c14-11(15)9-1-2-10(12-4-9)13-5-7-3-8(7)6-13;11-9-1-2-10(12-4-9)13-5-7-3-8(7)6-13/h1-2,4,7-8,14-15H,3,5-6H2;1-2,4,7-8H,3,5-6H2. The van der Waals surface area contributed by atoms with Crippen molar-refractivity contribution in [2.75, 3.05) is 36.0 Å². The van der Waals surface area contributed by atoms with E-state index >= 15 is 0 Å². The van der Waals surface area contributed by atoms with Crippen molar-refractivity contribution in [3.63, 3.8) is 0 Å². The molecule has 0 amide bonds. The fraction of sp³-hybridized carbons (Fsp3) is 0.500. The van der Waals surface area contributed by atoms with Crippen molar-refractivity contribution < 1.29 is 10.0 Å². The first-order valence-corrected chi connectivity index (χ1v) is 10.8. The van der Waals surface area contributed by atoms with E-state index in [1.165, 1.54) is 32.1 Å². The second-order valence-corrected chi connectivity index (χ2v) is 9.40. The number of rotatable bonds is 3. The van der Waals surface area contributed by atoms with Crippen LogP contribution in [0.4, 0.5) is 11.6 Å². The first-order chi connectivity index (χ1) is 13.6. The monoisotopic (exact) mass is 442 g/mol. The van der Waals surface area contributed by atoms with Gasteiger partial charge in [0.25, 0.3) is 0 Å². The molecule has 6 nitrogen and oxygen atoms in total. The molecule has 0 radical (unpaired) electrons. The maximum absolute atomic E-state index is 8.93. The highest BCUT2D eigenvalue weighted by Crippen LogP contribution is 2.46. The lowest BCUT2D eigenvalue weighted by Gasteiger charge is -2.18. The Labute approximate surface area is 173 Å². The molecule has 0 spiro atoms.